The zero-order valence-corrected chi connectivity index (χ0v) is 13.9. The lowest BCUT2D eigenvalue weighted by molar-refractivity contribution is -0.136. The van der Waals surface area contributed by atoms with Crippen molar-refractivity contribution in [2.24, 2.45) is 11.3 Å². The lowest BCUT2D eigenvalue weighted by Gasteiger charge is -2.44. The molecule has 4 N–H and O–H groups in total. The van der Waals surface area contributed by atoms with Gasteiger partial charge in [0.2, 0.25) is 0 Å². The smallest absolute Gasteiger partial charge is 0.323 e. The summed E-state index contributed by atoms with van der Waals surface area (Å²) in [6, 6.07) is 4.06. The Bertz CT molecular complexity index is 565. The van der Waals surface area contributed by atoms with Crippen LogP contribution in [0, 0.1) is 5.41 Å². The van der Waals surface area contributed by atoms with Gasteiger partial charge in [-0.3, -0.25) is 15.0 Å². The van der Waals surface area contributed by atoms with E-state index in [-0.39, 0.29) is 5.41 Å². The van der Waals surface area contributed by atoms with Crippen LogP contribution in [-0.4, -0.2) is 29.4 Å². The lowest BCUT2D eigenvalue weighted by atomic mass is 9.80. The second kappa shape index (κ2) is 6.95. The SMILES string of the molecule is CC(C)(C)C1CCCCN1c1ccc(NC(=O)C(=O)NN)cn1. The summed E-state index contributed by atoms with van der Waals surface area (Å²) >= 11 is 0. The molecule has 7 nitrogen and oxygen atoms in total. The third-order valence-electron chi connectivity index (χ3n) is 4.14. The van der Waals surface area contributed by atoms with Crippen LogP contribution in [0.1, 0.15) is 40.0 Å². The summed E-state index contributed by atoms with van der Waals surface area (Å²) < 4.78 is 0. The van der Waals surface area contributed by atoms with Gasteiger partial charge < -0.3 is 10.2 Å². The first-order valence-corrected chi connectivity index (χ1v) is 7.87. The third-order valence-corrected chi connectivity index (χ3v) is 4.14. The number of hydrogen-bond acceptors (Lipinski definition) is 5. The molecule has 0 aliphatic carbocycles. The Kier molecular flexibility index (Phi) is 5.20. The molecule has 2 heterocycles. The molecule has 1 saturated heterocycles. The van der Waals surface area contributed by atoms with Crippen LogP contribution in [0.4, 0.5) is 11.5 Å². The van der Waals surface area contributed by atoms with E-state index >= 15 is 0 Å². The van der Waals surface area contributed by atoms with Gasteiger partial charge >= 0.3 is 11.8 Å². The second-order valence-corrected chi connectivity index (χ2v) is 6.90. The fraction of sp³-hybridized carbons (Fsp3) is 0.562. The van der Waals surface area contributed by atoms with Crippen LogP contribution < -0.4 is 21.5 Å². The van der Waals surface area contributed by atoms with Crippen molar-refractivity contribution in [2.75, 3.05) is 16.8 Å². The predicted octanol–water partition coefficient (Wildman–Crippen LogP) is 1.41. The van der Waals surface area contributed by atoms with Gasteiger partial charge in [0.05, 0.1) is 11.9 Å². The largest absolute Gasteiger partial charge is 0.353 e. The number of anilines is 2. The Morgan fingerprint density at radius 3 is 2.57 bits per heavy atom. The average molecular weight is 319 g/mol. The van der Waals surface area contributed by atoms with E-state index in [1.807, 2.05) is 6.07 Å². The van der Waals surface area contributed by atoms with Crippen LogP contribution in [0.3, 0.4) is 0 Å². The summed E-state index contributed by atoms with van der Waals surface area (Å²) in [6.45, 7) is 7.72. The fourth-order valence-corrected chi connectivity index (χ4v) is 2.99. The van der Waals surface area contributed by atoms with Gasteiger partial charge in [0.25, 0.3) is 0 Å². The summed E-state index contributed by atoms with van der Waals surface area (Å²) in [7, 11) is 0. The topological polar surface area (TPSA) is 100 Å². The number of piperidine rings is 1. The minimum Gasteiger partial charge on any atom is -0.353 e. The van der Waals surface area contributed by atoms with Gasteiger partial charge in [-0.1, -0.05) is 20.8 Å². The van der Waals surface area contributed by atoms with E-state index in [0.717, 1.165) is 25.2 Å². The standard InChI is InChI=1S/C16H25N5O2/c1-16(2,3)12-6-4-5-9-21(12)13-8-7-11(10-18-13)19-14(22)15(23)20-17/h7-8,10,12H,4-6,9,17H2,1-3H3,(H,19,22)(H,20,23). The van der Waals surface area contributed by atoms with Crippen molar-refractivity contribution in [1.29, 1.82) is 0 Å². The molecule has 1 unspecified atom stereocenters. The number of pyridine rings is 1. The molecule has 2 rings (SSSR count). The number of hydrazine groups is 1. The minimum absolute atomic E-state index is 0.175. The highest BCUT2D eigenvalue weighted by molar-refractivity contribution is 6.39. The predicted molar refractivity (Wildman–Crippen MR) is 89.6 cm³/mol. The fourth-order valence-electron chi connectivity index (χ4n) is 2.99. The number of nitrogens with two attached hydrogens (primary N) is 1. The van der Waals surface area contributed by atoms with Gasteiger partial charge in [0.15, 0.2) is 0 Å². The third kappa shape index (κ3) is 4.19. The Balaban J connectivity index is 2.12. The highest BCUT2D eigenvalue weighted by atomic mass is 16.2. The van der Waals surface area contributed by atoms with E-state index in [1.54, 1.807) is 17.7 Å². The molecule has 1 aliphatic heterocycles. The molecule has 0 aromatic carbocycles. The van der Waals surface area contributed by atoms with Gasteiger partial charge in [-0.2, -0.15) is 0 Å². The Hall–Kier alpha value is -2.15. The van der Waals surface area contributed by atoms with Crippen molar-refractivity contribution in [3.63, 3.8) is 0 Å². The van der Waals surface area contributed by atoms with Crippen LogP contribution in [0.2, 0.25) is 0 Å². The van der Waals surface area contributed by atoms with E-state index in [4.69, 9.17) is 5.84 Å². The summed E-state index contributed by atoms with van der Waals surface area (Å²) in [5.74, 6) is 4.11. The maximum Gasteiger partial charge on any atom is 0.323 e. The molecule has 23 heavy (non-hydrogen) atoms. The van der Waals surface area contributed by atoms with Crippen LogP contribution in [0.15, 0.2) is 18.3 Å². The molecule has 0 spiro atoms. The maximum atomic E-state index is 11.5. The maximum absolute atomic E-state index is 11.5. The first-order chi connectivity index (χ1) is 10.8. The van der Waals surface area contributed by atoms with Crippen molar-refractivity contribution < 1.29 is 9.59 Å². The van der Waals surface area contributed by atoms with Gasteiger partial charge in [0, 0.05) is 12.6 Å². The molecule has 1 fully saturated rings. The zero-order chi connectivity index (χ0) is 17.0. The monoisotopic (exact) mass is 319 g/mol. The number of amides is 2. The second-order valence-electron chi connectivity index (χ2n) is 6.90. The van der Waals surface area contributed by atoms with Crippen molar-refractivity contribution in [3.8, 4) is 0 Å². The van der Waals surface area contributed by atoms with Crippen LogP contribution in [0.25, 0.3) is 0 Å². The number of carbonyl (C=O) groups is 2. The summed E-state index contributed by atoms with van der Waals surface area (Å²) in [5.41, 5.74) is 2.43. The normalized spacial score (nSPS) is 18.4. The van der Waals surface area contributed by atoms with Crippen molar-refractivity contribution >= 4 is 23.3 Å². The van der Waals surface area contributed by atoms with Gasteiger partial charge in [0.1, 0.15) is 5.82 Å². The van der Waals surface area contributed by atoms with E-state index in [1.165, 1.54) is 6.42 Å². The summed E-state index contributed by atoms with van der Waals surface area (Å²) in [5, 5.41) is 2.45. The van der Waals surface area contributed by atoms with E-state index in [0.29, 0.717) is 11.7 Å². The molecule has 1 atom stereocenters. The van der Waals surface area contributed by atoms with E-state index in [9.17, 15) is 9.59 Å². The number of aromatic nitrogens is 1. The molecule has 0 saturated carbocycles. The highest BCUT2D eigenvalue weighted by Gasteiger charge is 2.33. The Labute approximate surface area is 136 Å². The number of hydrogen-bond donors (Lipinski definition) is 3. The van der Waals surface area contributed by atoms with Crippen LogP contribution in [-0.2, 0) is 9.59 Å². The van der Waals surface area contributed by atoms with Gasteiger partial charge in [-0.25, -0.2) is 10.8 Å². The quantitative estimate of drug-likeness (QED) is 0.331. The minimum atomic E-state index is -0.891. The van der Waals surface area contributed by atoms with Crippen molar-refractivity contribution in [3.05, 3.63) is 18.3 Å². The molecule has 2 amide bonds. The molecule has 1 aromatic heterocycles. The summed E-state index contributed by atoms with van der Waals surface area (Å²) in [6.07, 6.45) is 5.11. The zero-order valence-electron chi connectivity index (χ0n) is 13.9. The molecular weight excluding hydrogens is 294 g/mol. The Morgan fingerprint density at radius 2 is 2.00 bits per heavy atom. The highest BCUT2D eigenvalue weighted by Crippen LogP contribution is 2.34. The van der Waals surface area contributed by atoms with Crippen LogP contribution in [0.5, 0.6) is 0 Å². The van der Waals surface area contributed by atoms with Crippen molar-refractivity contribution in [2.45, 2.75) is 46.1 Å². The van der Waals surface area contributed by atoms with Gasteiger partial charge in [-0.15, -0.1) is 0 Å². The van der Waals surface area contributed by atoms with E-state index in [2.05, 4.69) is 36.0 Å². The Morgan fingerprint density at radius 1 is 1.26 bits per heavy atom. The first kappa shape index (κ1) is 17.2. The first-order valence-electron chi connectivity index (χ1n) is 7.87. The van der Waals surface area contributed by atoms with Crippen molar-refractivity contribution in [1.82, 2.24) is 10.4 Å². The molecule has 1 aromatic rings. The van der Waals surface area contributed by atoms with E-state index < -0.39 is 11.8 Å². The number of rotatable bonds is 2. The molecule has 1 aliphatic rings. The average Bonchev–Trinajstić information content (AvgIpc) is 2.54. The molecule has 126 valence electrons. The summed E-state index contributed by atoms with van der Waals surface area (Å²) in [4.78, 5) is 29.4. The lowest BCUT2D eigenvalue weighted by Crippen LogP contribution is -2.47. The molecule has 0 bridgehead atoms. The molecule has 0 radical (unpaired) electrons. The number of carbonyl (C=O) groups excluding carboxylic acids is 2. The van der Waals surface area contributed by atoms with Gasteiger partial charge in [-0.05, 0) is 36.8 Å². The number of nitrogens with zero attached hydrogens (tertiary/aromatic N) is 2. The van der Waals surface area contributed by atoms with Crippen LogP contribution >= 0.6 is 0 Å². The molecular formula is C16H25N5O2. The molecule has 7 heteroatoms. The number of nitrogens with one attached hydrogen (secondary N) is 2.